The predicted octanol–water partition coefficient (Wildman–Crippen LogP) is 6.26. The van der Waals surface area contributed by atoms with Gasteiger partial charge in [0, 0.05) is 18.5 Å². The number of hydrogen-bond donors (Lipinski definition) is 3. The van der Waals surface area contributed by atoms with Crippen molar-refractivity contribution in [3.8, 4) is 11.1 Å². The Labute approximate surface area is 242 Å². The summed E-state index contributed by atoms with van der Waals surface area (Å²) in [5.74, 6) is -0.312. The fourth-order valence-corrected chi connectivity index (χ4v) is 5.50. The standard InChI is InChI=1S/C35H37N3O3/c1-23-17-19-27(20-18-23)33(36-21-26-11-5-4-6-12-26)24(2)37-34(39)25(3)38-35(40)41-22-32-30-15-9-7-13-28(30)29-14-8-10-16-31(29)32/h4-20,24-25,32-33,36H,21-22H2,1-3H3,(H,37,39)(H,38,40)/t24-,25-,33-/m0/s1. The number of rotatable bonds is 10. The van der Waals surface area contributed by atoms with Crippen molar-refractivity contribution in [1.29, 1.82) is 0 Å². The molecule has 6 heteroatoms. The van der Waals surface area contributed by atoms with E-state index in [1.54, 1.807) is 6.92 Å². The number of aryl methyl sites for hydroxylation is 1. The quantitative estimate of drug-likeness (QED) is 0.219. The molecule has 1 aliphatic rings. The summed E-state index contributed by atoms with van der Waals surface area (Å²) in [4.78, 5) is 25.9. The maximum atomic E-state index is 13.1. The largest absolute Gasteiger partial charge is 0.449 e. The molecule has 0 aliphatic heterocycles. The Morgan fingerprint density at radius 1 is 0.756 bits per heavy atom. The van der Waals surface area contributed by atoms with Gasteiger partial charge < -0.3 is 20.7 Å². The molecule has 6 nitrogen and oxygen atoms in total. The molecule has 4 aromatic carbocycles. The van der Waals surface area contributed by atoms with Crippen molar-refractivity contribution in [3.63, 3.8) is 0 Å². The second-order valence-corrected chi connectivity index (χ2v) is 10.7. The van der Waals surface area contributed by atoms with Gasteiger partial charge in [-0.25, -0.2) is 4.79 Å². The maximum Gasteiger partial charge on any atom is 0.407 e. The molecule has 41 heavy (non-hydrogen) atoms. The molecule has 210 valence electrons. The van der Waals surface area contributed by atoms with Gasteiger partial charge in [-0.1, -0.05) is 109 Å². The van der Waals surface area contributed by atoms with E-state index in [2.05, 4.69) is 83.5 Å². The zero-order chi connectivity index (χ0) is 28.8. The Morgan fingerprint density at radius 2 is 1.34 bits per heavy atom. The van der Waals surface area contributed by atoms with E-state index >= 15 is 0 Å². The third-order valence-electron chi connectivity index (χ3n) is 7.75. The topological polar surface area (TPSA) is 79.5 Å². The molecule has 0 saturated carbocycles. The summed E-state index contributed by atoms with van der Waals surface area (Å²) in [6.07, 6.45) is -0.612. The van der Waals surface area contributed by atoms with Crippen LogP contribution in [-0.2, 0) is 16.1 Å². The summed E-state index contributed by atoms with van der Waals surface area (Å²) in [6, 6.07) is 33.8. The molecule has 2 amide bonds. The van der Waals surface area contributed by atoms with Crippen molar-refractivity contribution in [2.45, 2.75) is 51.4 Å². The average Bonchev–Trinajstić information content (AvgIpc) is 3.31. The molecule has 0 fully saturated rings. The van der Waals surface area contributed by atoms with Crippen LogP contribution in [0.1, 0.15) is 53.6 Å². The van der Waals surface area contributed by atoms with E-state index in [0.29, 0.717) is 6.54 Å². The Morgan fingerprint density at radius 3 is 1.98 bits per heavy atom. The van der Waals surface area contributed by atoms with Crippen LogP contribution in [0, 0.1) is 6.92 Å². The average molecular weight is 548 g/mol. The highest BCUT2D eigenvalue weighted by atomic mass is 16.5. The molecule has 0 saturated heterocycles. The summed E-state index contributed by atoms with van der Waals surface area (Å²) in [5.41, 5.74) is 8.04. The molecular weight excluding hydrogens is 510 g/mol. The monoisotopic (exact) mass is 547 g/mol. The highest BCUT2D eigenvalue weighted by molar-refractivity contribution is 5.85. The SMILES string of the molecule is Cc1ccc([C@@H](NCc2ccccc2)[C@H](C)NC(=O)[C@H](C)NC(=O)OCC2c3ccccc3-c3ccccc32)cc1. The van der Waals surface area contributed by atoms with Crippen molar-refractivity contribution in [3.05, 3.63) is 131 Å². The second-order valence-electron chi connectivity index (χ2n) is 10.7. The number of ether oxygens (including phenoxy) is 1. The molecule has 3 atom stereocenters. The van der Waals surface area contributed by atoms with Crippen LogP contribution in [0.4, 0.5) is 4.79 Å². The van der Waals surface area contributed by atoms with E-state index in [1.807, 2.05) is 49.4 Å². The lowest BCUT2D eigenvalue weighted by atomic mass is 9.98. The predicted molar refractivity (Wildman–Crippen MR) is 162 cm³/mol. The van der Waals surface area contributed by atoms with Gasteiger partial charge in [-0.05, 0) is 54.2 Å². The lowest BCUT2D eigenvalue weighted by Gasteiger charge is -2.28. The molecule has 0 heterocycles. The minimum atomic E-state index is -0.763. The van der Waals surface area contributed by atoms with Crippen molar-refractivity contribution < 1.29 is 14.3 Å². The van der Waals surface area contributed by atoms with E-state index in [1.165, 1.54) is 16.7 Å². The fraction of sp³-hybridized carbons (Fsp3) is 0.257. The lowest BCUT2D eigenvalue weighted by molar-refractivity contribution is -0.123. The molecule has 0 bridgehead atoms. The summed E-state index contributed by atoms with van der Waals surface area (Å²) in [6.45, 7) is 6.55. The first kappa shape index (κ1) is 28.1. The molecule has 5 rings (SSSR count). The molecule has 3 N–H and O–H groups in total. The van der Waals surface area contributed by atoms with Gasteiger partial charge in [-0.3, -0.25) is 4.79 Å². The first-order valence-corrected chi connectivity index (χ1v) is 14.2. The Kier molecular flexibility index (Phi) is 8.80. The van der Waals surface area contributed by atoms with E-state index in [9.17, 15) is 9.59 Å². The zero-order valence-corrected chi connectivity index (χ0v) is 23.8. The highest BCUT2D eigenvalue weighted by Gasteiger charge is 2.30. The number of hydrogen-bond acceptors (Lipinski definition) is 4. The second kappa shape index (κ2) is 12.8. The van der Waals surface area contributed by atoms with Gasteiger partial charge in [0.15, 0.2) is 0 Å². The summed E-state index contributed by atoms with van der Waals surface area (Å²) in [7, 11) is 0. The Hall–Kier alpha value is -4.42. The number of fused-ring (bicyclic) bond motifs is 3. The molecular formula is C35H37N3O3. The number of carbonyl (C=O) groups excluding carboxylic acids is 2. The third kappa shape index (κ3) is 6.67. The van der Waals surface area contributed by atoms with Crippen LogP contribution in [0.25, 0.3) is 11.1 Å². The van der Waals surface area contributed by atoms with Gasteiger partial charge in [-0.15, -0.1) is 0 Å². The van der Waals surface area contributed by atoms with Crippen LogP contribution in [0.2, 0.25) is 0 Å². The first-order valence-electron chi connectivity index (χ1n) is 14.2. The molecule has 4 aromatic rings. The summed E-state index contributed by atoms with van der Waals surface area (Å²) < 4.78 is 5.64. The first-order chi connectivity index (χ1) is 19.9. The van der Waals surface area contributed by atoms with Crippen LogP contribution in [0.5, 0.6) is 0 Å². The van der Waals surface area contributed by atoms with E-state index in [0.717, 1.165) is 22.3 Å². The van der Waals surface area contributed by atoms with Gasteiger partial charge in [0.05, 0.1) is 6.04 Å². The Bertz CT molecular complexity index is 1440. The minimum Gasteiger partial charge on any atom is -0.449 e. The van der Waals surface area contributed by atoms with Crippen LogP contribution < -0.4 is 16.0 Å². The summed E-state index contributed by atoms with van der Waals surface area (Å²) in [5, 5.41) is 9.39. The Balaban J connectivity index is 1.18. The van der Waals surface area contributed by atoms with E-state index < -0.39 is 12.1 Å². The maximum absolute atomic E-state index is 13.1. The van der Waals surface area contributed by atoms with Crippen LogP contribution >= 0.6 is 0 Å². The van der Waals surface area contributed by atoms with Crippen molar-refractivity contribution in [2.24, 2.45) is 0 Å². The molecule has 0 radical (unpaired) electrons. The number of nitrogens with one attached hydrogen (secondary N) is 3. The number of benzene rings is 4. The third-order valence-corrected chi connectivity index (χ3v) is 7.75. The minimum absolute atomic E-state index is 0.0386. The van der Waals surface area contributed by atoms with Gasteiger partial charge in [0.25, 0.3) is 0 Å². The zero-order valence-electron chi connectivity index (χ0n) is 23.8. The number of carbonyl (C=O) groups is 2. The van der Waals surface area contributed by atoms with Crippen LogP contribution in [-0.4, -0.2) is 30.7 Å². The van der Waals surface area contributed by atoms with Crippen LogP contribution in [0.15, 0.2) is 103 Å². The fourth-order valence-electron chi connectivity index (χ4n) is 5.50. The van der Waals surface area contributed by atoms with Gasteiger partial charge >= 0.3 is 6.09 Å². The van der Waals surface area contributed by atoms with E-state index in [-0.39, 0.29) is 30.5 Å². The van der Waals surface area contributed by atoms with Crippen molar-refractivity contribution in [2.75, 3.05) is 6.61 Å². The number of amides is 2. The van der Waals surface area contributed by atoms with Gasteiger partial charge in [-0.2, -0.15) is 0 Å². The molecule has 0 aromatic heterocycles. The lowest BCUT2D eigenvalue weighted by Crippen LogP contribution is -2.50. The van der Waals surface area contributed by atoms with Crippen molar-refractivity contribution >= 4 is 12.0 Å². The molecule has 0 spiro atoms. The molecule has 1 aliphatic carbocycles. The summed E-state index contributed by atoms with van der Waals surface area (Å²) >= 11 is 0. The number of alkyl carbamates (subject to hydrolysis) is 1. The normalized spacial score (nSPS) is 14.3. The van der Waals surface area contributed by atoms with Gasteiger partial charge in [0.1, 0.15) is 12.6 Å². The van der Waals surface area contributed by atoms with Crippen LogP contribution in [0.3, 0.4) is 0 Å². The molecule has 0 unspecified atom stereocenters. The van der Waals surface area contributed by atoms with Crippen molar-refractivity contribution in [1.82, 2.24) is 16.0 Å². The van der Waals surface area contributed by atoms with E-state index in [4.69, 9.17) is 4.74 Å². The van der Waals surface area contributed by atoms with Gasteiger partial charge in [0.2, 0.25) is 5.91 Å². The smallest absolute Gasteiger partial charge is 0.407 e. The highest BCUT2D eigenvalue weighted by Crippen LogP contribution is 2.44.